The van der Waals surface area contributed by atoms with Crippen LogP contribution in [0.25, 0.3) is 0 Å². The number of aromatic nitrogens is 2. The molecule has 3 nitrogen and oxygen atoms in total. The van der Waals surface area contributed by atoms with Crippen molar-refractivity contribution in [3.05, 3.63) is 18.2 Å². The molecule has 0 spiro atoms. The molecule has 0 aromatic carbocycles. The van der Waals surface area contributed by atoms with E-state index >= 15 is 0 Å². The Bertz CT molecular complexity index is 372. The molecule has 1 fully saturated rings. The summed E-state index contributed by atoms with van der Waals surface area (Å²) in [5.41, 5.74) is 0. The van der Waals surface area contributed by atoms with E-state index in [9.17, 15) is 0 Å². The second kappa shape index (κ2) is 8.46. The highest BCUT2D eigenvalue weighted by atomic mass is 15.1. The predicted octanol–water partition coefficient (Wildman–Crippen LogP) is 4.24. The molecule has 1 saturated carbocycles. The highest BCUT2D eigenvalue weighted by molar-refractivity contribution is 4.95. The molecule has 1 aromatic heterocycles. The van der Waals surface area contributed by atoms with E-state index in [2.05, 4.69) is 35.0 Å². The Morgan fingerprint density at radius 2 is 1.60 bits per heavy atom. The van der Waals surface area contributed by atoms with E-state index in [-0.39, 0.29) is 0 Å². The van der Waals surface area contributed by atoms with Crippen LogP contribution >= 0.6 is 0 Å². The van der Waals surface area contributed by atoms with Crippen molar-refractivity contribution in [2.75, 3.05) is 7.05 Å². The number of hydrogen-bond donors (Lipinski definition) is 1. The third-order valence-electron chi connectivity index (χ3n) is 4.82. The third-order valence-corrected chi connectivity index (χ3v) is 4.82. The first-order valence-electron chi connectivity index (χ1n) is 8.49. The van der Waals surface area contributed by atoms with Crippen LogP contribution in [-0.4, -0.2) is 22.6 Å². The largest absolute Gasteiger partial charge is 0.331 e. The van der Waals surface area contributed by atoms with Crippen LogP contribution in [0.5, 0.6) is 0 Å². The van der Waals surface area contributed by atoms with E-state index in [1.165, 1.54) is 64.2 Å². The summed E-state index contributed by atoms with van der Waals surface area (Å²) in [6.45, 7) is 2.13. The number of rotatable bonds is 2. The van der Waals surface area contributed by atoms with Crippen molar-refractivity contribution in [3.8, 4) is 0 Å². The lowest BCUT2D eigenvalue weighted by Crippen LogP contribution is -2.35. The minimum Gasteiger partial charge on any atom is -0.331 e. The van der Waals surface area contributed by atoms with E-state index in [4.69, 9.17) is 0 Å². The molecule has 2 unspecified atom stereocenters. The first-order chi connectivity index (χ1) is 9.83. The highest BCUT2D eigenvalue weighted by Crippen LogP contribution is 2.26. The molecule has 2 atom stereocenters. The van der Waals surface area contributed by atoms with Gasteiger partial charge in [-0.05, 0) is 26.8 Å². The van der Waals surface area contributed by atoms with Crippen molar-refractivity contribution in [1.82, 2.24) is 14.9 Å². The summed E-state index contributed by atoms with van der Waals surface area (Å²) < 4.78 is 2.40. The number of nitrogens with one attached hydrogen (secondary N) is 1. The minimum absolute atomic E-state index is 0.571. The molecule has 1 aliphatic carbocycles. The van der Waals surface area contributed by atoms with Crippen LogP contribution in [0, 0.1) is 6.92 Å². The molecule has 0 radical (unpaired) electrons. The Hall–Kier alpha value is -0.830. The fourth-order valence-corrected chi connectivity index (χ4v) is 3.58. The molecule has 1 aromatic rings. The SMILES string of the molecule is CNC1CCCCCCCCCCC1n1ccnc1C. The van der Waals surface area contributed by atoms with Crippen molar-refractivity contribution in [3.63, 3.8) is 0 Å². The Morgan fingerprint density at radius 3 is 2.15 bits per heavy atom. The molecule has 1 heterocycles. The van der Waals surface area contributed by atoms with Crippen molar-refractivity contribution in [2.24, 2.45) is 0 Å². The molecule has 114 valence electrons. The molecular weight excluding hydrogens is 246 g/mol. The molecule has 1 aliphatic rings. The van der Waals surface area contributed by atoms with Crippen LogP contribution in [-0.2, 0) is 0 Å². The van der Waals surface area contributed by atoms with Gasteiger partial charge in [-0.1, -0.05) is 51.4 Å². The quantitative estimate of drug-likeness (QED) is 0.876. The summed E-state index contributed by atoms with van der Waals surface area (Å²) in [6, 6.07) is 1.16. The van der Waals surface area contributed by atoms with Gasteiger partial charge in [0.2, 0.25) is 0 Å². The van der Waals surface area contributed by atoms with Gasteiger partial charge >= 0.3 is 0 Å². The topological polar surface area (TPSA) is 29.9 Å². The van der Waals surface area contributed by atoms with Gasteiger partial charge in [0.1, 0.15) is 5.82 Å². The molecule has 3 heteroatoms. The Balaban J connectivity index is 2.06. The maximum Gasteiger partial charge on any atom is 0.105 e. The standard InChI is InChI=1S/C17H31N3/c1-15-19-13-14-20(15)17-12-10-8-6-4-3-5-7-9-11-16(17)18-2/h13-14,16-18H,3-12H2,1-2H3. The molecule has 0 bridgehead atoms. The highest BCUT2D eigenvalue weighted by Gasteiger charge is 2.22. The average Bonchev–Trinajstić information content (AvgIpc) is 2.85. The van der Waals surface area contributed by atoms with Gasteiger partial charge in [-0.3, -0.25) is 0 Å². The summed E-state index contributed by atoms with van der Waals surface area (Å²) in [7, 11) is 2.12. The maximum atomic E-state index is 4.43. The Labute approximate surface area is 124 Å². The summed E-state index contributed by atoms with van der Waals surface area (Å²) in [5.74, 6) is 1.15. The molecular formula is C17H31N3. The summed E-state index contributed by atoms with van der Waals surface area (Å²) >= 11 is 0. The van der Waals surface area contributed by atoms with E-state index in [1.807, 2.05) is 6.20 Å². The van der Waals surface area contributed by atoms with Crippen LogP contribution in [0.1, 0.15) is 76.1 Å². The smallest absolute Gasteiger partial charge is 0.105 e. The van der Waals surface area contributed by atoms with E-state index in [0.29, 0.717) is 12.1 Å². The molecule has 1 N–H and O–H groups in total. The monoisotopic (exact) mass is 277 g/mol. The second-order valence-corrected chi connectivity index (χ2v) is 6.25. The summed E-state index contributed by atoms with van der Waals surface area (Å²) in [4.78, 5) is 4.43. The number of aryl methyl sites for hydroxylation is 1. The van der Waals surface area contributed by atoms with Gasteiger partial charge in [0.25, 0.3) is 0 Å². The zero-order valence-corrected chi connectivity index (χ0v) is 13.3. The number of imidazole rings is 1. The zero-order chi connectivity index (χ0) is 14.2. The van der Waals surface area contributed by atoms with Crippen molar-refractivity contribution >= 4 is 0 Å². The number of hydrogen-bond acceptors (Lipinski definition) is 2. The summed E-state index contributed by atoms with van der Waals surface area (Å²) in [6.07, 6.45) is 17.9. The first kappa shape index (κ1) is 15.6. The van der Waals surface area contributed by atoms with Gasteiger partial charge < -0.3 is 9.88 Å². The van der Waals surface area contributed by atoms with Crippen LogP contribution in [0.15, 0.2) is 12.4 Å². The molecule has 0 aliphatic heterocycles. The Kier molecular flexibility index (Phi) is 6.58. The fraction of sp³-hybridized carbons (Fsp3) is 0.824. The van der Waals surface area contributed by atoms with Crippen LogP contribution < -0.4 is 5.32 Å². The van der Waals surface area contributed by atoms with Crippen molar-refractivity contribution in [1.29, 1.82) is 0 Å². The molecule has 0 saturated heterocycles. The van der Waals surface area contributed by atoms with E-state index in [0.717, 1.165) is 5.82 Å². The van der Waals surface area contributed by atoms with E-state index < -0.39 is 0 Å². The van der Waals surface area contributed by atoms with Crippen molar-refractivity contribution < 1.29 is 0 Å². The van der Waals surface area contributed by atoms with Gasteiger partial charge in [0.15, 0.2) is 0 Å². The van der Waals surface area contributed by atoms with Crippen LogP contribution in [0.2, 0.25) is 0 Å². The van der Waals surface area contributed by atoms with E-state index in [1.54, 1.807) is 0 Å². The third kappa shape index (κ3) is 4.34. The number of likely N-dealkylation sites (N-methyl/N-ethyl adjacent to an activating group) is 1. The normalized spacial score (nSPS) is 26.7. The van der Waals surface area contributed by atoms with Gasteiger partial charge in [-0.2, -0.15) is 0 Å². The molecule has 2 rings (SSSR count). The van der Waals surface area contributed by atoms with Crippen LogP contribution in [0.3, 0.4) is 0 Å². The zero-order valence-electron chi connectivity index (χ0n) is 13.3. The van der Waals surface area contributed by atoms with Gasteiger partial charge in [0, 0.05) is 18.4 Å². The summed E-state index contributed by atoms with van der Waals surface area (Å²) in [5, 5.41) is 3.57. The van der Waals surface area contributed by atoms with Crippen LogP contribution in [0.4, 0.5) is 0 Å². The lowest BCUT2D eigenvalue weighted by molar-refractivity contribution is 0.305. The lowest BCUT2D eigenvalue weighted by Gasteiger charge is -2.29. The second-order valence-electron chi connectivity index (χ2n) is 6.25. The van der Waals surface area contributed by atoms with Gasteiger partial charge in [-0.15, -0.1) is 0 Å². The first-order valence-corrected chi connectivity index (χ1v) is 8.49. The van der Waals surface area contributed by atoms with Gasteiger partial charge in [-0.25, -0.2) is 4.98 Å². The predicted molar refractivity (Wildman–Crippen MR) is 85.0 cm³/mol. The van der Waals surface area contributed by atoms with Crippen molar-refractivity contribution in [2.45, 2.75) is 83.2 Å². The van der Waals surface area contributed by atoms with Gasteiger partial charge in [0.05, 0.1) is 6.04 Å². The minimum atomic E-state index is 0.571. The molecule has 0 amide bonds. The maximum absolute atomic E-state index is 4.43. The lowest BCUT2D eigenvalue weighted by atomic mass is 9.94. The fourth-order valence-electron chi connectivity index (χ4n) is 3.58. The average molecular weight is 277 g/mol. The molecule has 20 heavy (non-hydrogen) atoms. The number of nitrogens with zero attached hydrogens (tertiary/aromatic N) is 2. The Morgan fingerprint density at radius 1 is 1.00 bits per heavy atom.